The van der Waals surface area contributed by atoms with Gasteiger partial charge in [-0.2, -0.15) is 13.2 Å². The van der Waals surface area contributed by atoms with Crippen molar-refractivity contribution in [3.8, 4) is 5.75 Å². The molecule has 0 spiro atoms. The number of hydrogen-bond donors (Lipinski definition) is 1. The number of hydrogen-bond acceptors (Lipinski definition) is 2. The molecular formula is C14H17ClF3NO. The Kier molecular flexibility index (Phi) is 4.81. The molecule has 1 aromatic carbocycles. The molecule has 2 rings (SSSR count). The van der Waals surface area contributed by atoms with E-state index in [0.29, 0.717) is 6.42 Å². The molecule has 2 nitrogen and oxygen atoms in total. The molecule has 1 unspecified atom stereocenters. The topological polar surface area (TPSA) is 21.3 Å². The van der Waals surface area contributed by atoms with E-state index in [0.717, 1.165) is 19.5 Å². The van der Waals surface area contributed by atoms with E-state index in [2.05, 4.69) is 5.32 Å². The summed E-state index contributed by atoms with van der Waals surface area (Å²) < 4.78 is 44.8. The minimum Gasteiger partial charge on any atom is -0.489 e. The van der Waals surface area contributed by atoms with Gasteiger partial charge in [0, 0.05) is 12.5 Å². The highest BCUT2D eigenvalue weighted by atomic mass is 35.5. The Bertz CT molecular complexity index is 458. The monoisotopic (exact) mass is 307 g/mol. The van der Waals surface area contributed by atoms with Crippen LogP contribution in [-0.4, -0.2) is 19.2 Å². The van der Waals surface area contributed by atoms with Gasteiger partial charge in [0.25, 0.3) is 0 Å². The zero-order chi connectivity index (χ0) is 14.8. The van der Waals surface area contributed by atoms with Crippen LogP contribution >= 0.6 is 11.6 Å². The molecule has 0 saturated carbocycles. The maximum Gasteiger partial charge on any atom is 0.421 e. The highest BCUT2D eigenvalue weighted by Crippen LogP contribution is 2.41. The Labute approximate surface area is 121 Å². The molecule has 0 bridgehead atoms. The van der Waals surface area contributed by atoms with Gasteiger partial charge in [0.15, 0.2) is 0 Å². The molecule has 1 fully saturated rings. The van der Waals surface area contributed by atoms with E-state index < -0.39 is 11.7 Å². The Balaban J connectivity index is 2.26. The summed E-state index contributed by atoms with van der Waals surface area (Å²) in [6, 6.07) is 4.04. The van der Waals surface area contributed by atoms with Crippen LogP contribution in [0.5, 0.6) is 5.75 Å². The second kappa shape index (κ2) is 6.22. The first-order valence-electron chi connectivity index (χ1n) is 6.66. The lowest BCUT2D eigenvalue weighted by Crippen LogP contribution is -2.29. The number of halogens is 4. The predicted octanol–water partition coefficient (Wildman–Crippen LogP) is 4.13. The summed E-state index contributed by atoms with van der Waals surface area (Å²) in [6.07, 6.45) is -3.17. The van der Waals surface area contributed by atoms with Gasteiger partial charge in [-0.25, -0.2) is 0 Å². The fourth-order valence-corrected chi connectivity index (χ4v) is 2.82. The van der Waals surface area contributed by atoms with E-state index in [4.69, 9.17) is 16.3 Å². The number of ether oxygens (including phenoxy) is 1. The first-order chi connectivity index (χ1) is 9.43. The van der Waals surface area contributed by atoms with Crippen molar-refractivity contribution in [3.63, 3.8) is 0 Å². The van der Waals surface area contributed by atoms with Gasteiger partial charge >= 0.3 is 6.18 Å². The SMILES string of the molecule is CC[C@H](Oc1cccc(Cl)c1C(F)(F)F)C1CCNC1. The van der Waals surface area contributed by atoms with Crippen molar-refractivity contribution in [3.05, 3.63) is 28.8 Å². The number of rotatable bonds is 4. The van der Waals surface area contributed by atoms with Crippen molar-refractivity contribution in [1.82, 2.24) is 5.32 Å². The van der Waals surface area contributed by atoms with Crippen LogP contribution in [0.4, 0.5) is 13.2 Å². The first kappa shape index (κ1) is 15.4. The first-order valence-corrected chi connectivity index (χ1v) is 7.04. The van der Waals surface area contributed by atoms with Crippen LogP contribution in [0.25, 0.3) is 0 Å². The molecule has 112 valence electrons. The highest BCUT2D eigenvalue weighted by Gasteiger charge is 2.38. The Morgan fingerprint density at radius 2 is 2.20 bits per heavy atom. The Morgan fingerprint density at radius 3 is 2.75 bits per heavy atom. The van der Waals surface area contributed by atoms with E-state index in [1.54, 1.807) is 0 Å². The van der Waals surface area contributed by atoms with E-state index in [1.165, 1.54) is 18.2 Å². The summed E-state index contributed by atoms with van der Waals surface area (Å²) >= 11 is 5.69. The average molecular weight is 308 g/mol. The summed E-state index contributed by atoms with van der Waals surface area (Å²) in [4.78, 5) is 0. The molecule has 1 N–H and O–H groups in total. The maximum absolute atomic E-state index is 13.1. The molecule has 1 aliphatic rings. The van der Waals surface area contributed by atoms with E-state index in [-0.39, 0.29) is 22.8 Å². The van der Waals surface area contributed by atoms with Gasteiger partial charge in [0.05, 0.1) is 5.02 Å². The molecule has 20 heavy (non-hydrogen) atoms. The molecule has 0 radical (unpaired) electrons. The molecule has 6 heteroatoms. The van der Waals surface area contributed by atoms with E-state index in [1.807, 2.05) is 6.92 Å². The summed E-state index contributed by atoms with van der Waals surface area (Å²) in [5.41, 5.74) is -0.883. The van der Waals surface area contributed by atoms with Gasteiger partial charge in [-0.1, -0.05) is 24.6 Å². The minimum absolute atomic E-state index is 0.177. The average Bonchev–Trinajstić information content (AvgIpc) is 2.88. The number of alkyl halides is 3. The number of benzene rings is 1. The van der Waals surface area contributed by atoms with Crippen molar-refractivity contribution >= 4 is 11.6 Å². The van der Waals surface area contributed by atoms with Crippen molar-refractivity contribution < 1.29 is 17.9 Å². The van der Waals surface area contributed by atoms with Gasteiger partial charge < -0.3 is 10.1 Å². The highest BCUT2D eigenvalue weighted by molar-refractivity contribution is 6.31. The van der Waals surface area contributed by atoms with Gasteiger partial charge in [0.2, 0.25) is 0 Å². The van der Waals surface area contributed by atoms with Crippen molar-refractivity contribution in [2.75, 3.05) is 13.1 Å². The van der Waals surface area contributed by atoms with Crippen LogP contribution in [0, 0.1) is 5.92 Å². The normalized spacial score (nSPS) is 20.9. The Morgan fingerprint density at radius 1 is 1.45 bits per heavy atom. The Hall–Kier alpha value is -0.940. The van der Waals surface area contributed by atoms with E-state index in [9.17, 15) is 13.2 Å². The fourth-order valence-electron chi connectivity index (χ4n) is 2.55. The quantitative estimate of drug-likeness (QED) is 0.903. The number of nitrogens with one attached hydrogen (secondary N) is 1. The molecule has 1 saturated heterocycles. The lowest BCUT2D eigenvalue weighted by Gasteiger charge is -2.25. The van der Waals surface area contributed by atoms with Crippen LogP contribution in [0.15, 0.2) is 18.2 Å². The lowest BCUT2D eigenvalue weighted by atomic mass is 9.99. The third kappa shape index (κ3) is 3.38. The standard InChI is InChI=1S/C14H17ClF3NO/c1-2-11(9-6-7-19-8-9)20-12-5-3-4-10(15)13(12)14(16,17)18/h3-5,9,11,19H,2,6-8H2,1H3/t9?,11-/m0/s1. The maximum atomic E-state index is 13.1. The zero-order valence-corrected chi connectivity index (χ0v) is 11.9. The molecule has 0 aliphatic carbocycles. The second-order valence-corrected chi connectivity index (χ2v) is 5.34. The minimum atomic E-state index is -4.51. The van der Waals surface area contributed by atoms with E-state index >= 15 is 0 Å². The fraction of sp³-hybridized carbons (Fsp3) is 0.571. The van der Waals surface area contributed by atoms with Crippen LogP contribution in [0.3, 0.4) is 0 Å². The predicted molar refractivity (Wildman–Crippen MR) is 72.1 cm³/mol. The molecule has 0 aromatic heterocycles. The van der Waals surface area contributed by atoms with Gasteiger partial charge in [-0.3, -0.25) is 0 Å². The summed E-state index contributed by atoms with van der Waals surface area (Å²) in [6.45, 7) is 3.58. The summed E-state index contributed by atoms with van der Waals surface area (Å²) in [5, 5.41) is 2.88. The van der Waals surface area contributed by atoms with Crippen LogP contribution in [-0.2, 0) is 6.18 Å². The molecule has 1 aromatic rings. The molecule has 1 aliphatic heterocycles. The van der Waals surface area contributed by atoms with Crippen LogP contribution in [0.2, 0.25) is 5.02 Å². The molecule has 2 atom stereocenters. The summed E-state index contributed by atoms with van der Waals surface area (Å²) in [5.74, 6) is 0.0591. The third-order valence-electron chi connectivity index (χ3n) is 3.56. The molecule has 0 amide bonds. The van der Waals surface area contributed by atoms with Crippen LogP contribution in [0.1, 0.15) is 25.3 Å². The van der Waals surface area contributed by atoms with Crippen molar-refractivity contribution in [2.45, 2.75) is 32.0 Å². The molecule has 1 heterocycles. The largest absolute Gasteiger partial charge is 0.489 e. The van der Waals surface area contributed by atoms with Crippen molar-refractivity contribution in [1.29, 1.82) is 0 Å². The zero-order valence-electron chi connectivity index (χ0n) is 11.1. The van der Waals surface area contributed by atoms with Crippen LogP contribution < -0.4 is 10.1 Å². The second-order valence-electron chi connectivity index (χ2n) is 4.93. The van der Waals surface area contributed by atoms with Gasteiger partial charge in [-0.05, 0) is 31.5 Å². The van der Waals surface area contributed by atoms with Crippen molar-refractivity contribution in [2.24, 2.45) is 5.92 Å². The van der Waals surface area contributed by atoms with Gasteiger partial charge in [0.1, 0.15) is 17.4 Å². The summed E-state index contributed by atoms with van der Waals surface area (Å²) in [7, 11) is 0. The van der Waals surface area contributed by atoms with Gasteiger partial charge in [-0.15, -0.1) is 0 Å². The smallest absolute Gasteiger partial charge is 0.421 e. The molecular weight excluding hydrogens is 291 g/mol. The lowest BCUT2D eigenvalue weighted by molar-refractivity contribution is -0.139. The third-order valence-corrected chi connectivity index (χ3v) is 3.88.